The van der Waals surface area contributed by atoms with Gasteiger partial charge in [0.25, 0.3) is 0 Å². The third-order valence-electron chi connectivity index (χ3n) is 4.27. The molecule has 148 valence electrons. The number of nitrogens with zero attached hydrogens (tertiary/aromatic N) is 3. The van der Waals surface area contributed by atoms with Gasteiger partial charge in [-0.1, -0.05) is 37.7 Å². The van der Waals surface area contributed by atoms with Crippen LogP contribution in [0, 0.1) is 0 Å². The third kappa shape index (κ3) is 4.56. The van der Waals surface area contributed by atoms with Gasteiger partial charge in [-0.05, 0) is 42.0 Å². The van der Waals surface area contributed by atoms with Gasteiger partial charge in [0.2, 0.25) is 5.91 Å². The molecule has 0 aliphatic rings. The number of carbonyl (C=O) groups excluding carboxylic acids is 1. The van der Waals surface area contributed by atoms with Gasteiger partial charge in [0.1, 0.15) is 5.75 Å². The van der Waals surface area contributed by atoms with E-state index in [2.05, 4.69) is 29.4 Å². The first-order valence-electron chi connectivity index (χ1n) is 9.11. The van der Waals surface area contributed by atoms with E-state index < -0.39 is 0 Å². The maximum absolute atomic E-state index is 12.5. The third-order valence-corrected chi connectivity index (χ3v) is 6.11. The molecule has 1 N–H and O–H groups in total. The predicted octanol–water partition coefficient (Wildman–Crippen LogP) is 4.89. The number of thiophene rings is 1. The number of methoxy groups -OCH3 is 1. The van der Waals surface area contributed by atoms with Crippen molar-refractivity contribution in [3.63, 3.8) is 0 Å². The van der Waals surface area contributed by atoms with Crippen LogP contribution in [0.5, 0.6) is 5.75 Å². The Kier molecular flexibility index (Phi) is 6.74. The molecule has 6 nitrogen and oxygen atoms in total. The standard InChI is InChI=1S/C20H24N4O2S2/c1-5-24-19(17-7-6-10-27-17)22-23-20(24)28-12-18(25)21-15-9-8-14(13(2)3)11-16(15)26-4/h6-11,13H,5,12H2,1-4H3,(H,21,25). The molecule has 0 radical (unpaired) electrons. The second-order valence-corrected chi connectivity index (χ2v) is 8.37. The number of ether oxygens (including phenoxy) is 1. The smallest absolute Gasteiger partial charge is 0.234 e. The van der Waals surface area contributed by atoms with E-state index in [9.17, 15) is 4.79 Å². The van der Waals surface area contributed by atoms with Crippen LogP contribution in [0.3, 0.4) is 0 Å². The minimum absolute atomic E-state index is 0.107. The summed E-state index contributed by atoms with van der Waals surface area (Å²) >= 11 is 3.01. The van der Waals surface area contributed by atoms with Crippen molar-refractivity contribution < 1.29 is 9.53 Å². The fourth-order valence-electron chi connectivity index (χ4n) is 2.76. The van der Waals surface area contributed by atoms with Gasteiger partial charge in [-0.25, -0.2) is 0 Å². The first-order chi connectivity index (χ1) is 13.5. The normalized spacial score (nSPS) is 11.0. The predicted molar refractivity (Wildman–Crippen MR) is 115 cm³/mol. The molecule has 0 fully saturated rings. The van der Waals surface area contributed by atoms with E-state index in [1.165, 1.54) is 17.3 Å². The lowest BCUT2D eigenvalue weighted by Gasteiger charge is -2.13. The minimum Gasteiger partial charge on any atom is -0.495 e. The van der Waals surface area contributed by atoms with Gasteiger partial charge in [0.05, 0.1) is 23.4 Å². The molecule has 0 unspecified atom stereocenters. The van der Waals surface area contributed by atoms with Crippen LogP contribution in [-0.4, -0.2) is 33.5 Å². The van der Waals surface area contributed by atoms with E-state index in [4.69, 9.17) is 4.74 Å². The molecule has 2 aromatic heterocycles. The first-order valence-corrected chi connectivity index (χ1v) is 11.0. The fourth-order valence-corrected chi connectivity index (χ4v) is 4.27. The van der Waals surface area contributed by atoms with Crippen LogP contribution in [0.25, 0.3) is 10.7 Å². The maximum atomic E-state index is 12.5. The molecular formula is C20H24N4O2S2. The lowest BCUT2D eigenvalue weighted by Crippen LogP contribution is -2.15. The monoisotopic (exact) mass is 416 g/mol. The Morgan fingerprint density at radius 2 is 2.14 bits per heavy atom. The van der Waals surface area contributed by atoms with Crippen molar-refractivity contribution in [2.24, 2.45) is 0 Å². The summed E-state index contributed by atoms with van der Waals surface area (Å²) in [5.74, 6) is 2.04. The molecule has 1 aromatic carbocycles. The lowest BCUT2D eigenvalue weighted by atomic mass is 10.0. The Hall–Kier alpha value is -2.32. The topological polar surface area (TPSA) is 69.0 Å². The molecule has 1 amide bonds. The number of hydrogen-bond acceptors (Lipinski definition) is 6. The van der Waals surface area contributed by atoms with Crippen molar-refractivity contribution in [1.82, 2.24) is 14.8 Å². The van der Waals surface area contributed by atoms with E-state index >= 15 is 0 Å². The quantitative estimate of drug-likeness (QED) is 0.530. The van der Waals surface area contributed by atoms with Gasteiger partial charge in [-0.2, -0.15) is 0 Å². The zero-order valence-corrected chi connectivity index (χ0v) is 18.1. The highest BCUT2D eigenvalue weighted by Gasteiger charge is 2.16. The van der Waals surface area contributed by atoms with Gasteiger partial charge >= 0.3 is 0 Å². The van der Waals surface area contributed by atoms with Gasteiger partial charge in [0.15, 0.2) is 11.0 Å². The molecule has 0 aliphatic carbocycles. The second-order valence-electron chi connectivity index (χ2n) is 6.48. The van der Waals surface area contributed by atoms with E-state index in [0.29, 0.717) is 17.4 Å². The molecule has 0 aliphatic heterocycles. The number of thioether (sulfide) groups is 1. The fraction of sp³-hybridized carbons (Fsp3) is 0.350. The van der Waals surface area contributed by atoms with Crippen LogP contribution < -0.4 is 10.1 Å². The summed E-state index contributed by atoms with van der Waals surface area (Å²) in [5, 5.41) is 14.2. The molecule has 0 bridgehead atoms. The highest BCUT2D eigenvalue weighted by atomic mass is 32.2. The molecule has 2 heterocycles. The van der Waals surface area contributed by atoms with Crippen molar-refractivity contribution in [1.29, 1.82) is 0 Å². The number of anilines is 1. The summed E-state index contributed by atoms with van der Waals surface area (Å²) in [6.07, 6.45) is 0. The van der Waals surface area contributed by atoms with Gasteiger partial charge < -0.3 is 14.6 Å². The minimum atomic E-state index is -0.107. The number of rotatable bonds is 8. The van der Waals surface area contributed by atoms with Crippen LogP contribution in [0.4, 0.5) is 5.69 Å². The molecular weight excluding hydrogens is 392 g/mol. The maximum Gasteiger partial charge on any atom is 0.234 e. The highest BCUT2D eigenvalue weighted by Crippen LogP contribution is 2.30. The number of amides is 1. The van der Waals surface area contributed by atoms with Gasteiger partial charge in [-0.15, -0.1) is 21.5 Å². The van der Waals surface area contributed by atoms with Crippen molar-refractivity contribution in [3.05, 3.63) is 41.3 Å². The summed E-state index contributed by atoms with van der Waals surface area (Å²) in [7, 11) is 1.61. The Bertz CT molecular complexity index is 936. The molecule has 28 heavy (non-hydrogen) atoms. The molecule has 0 spiro atoms. The number of benzene rings is 1. The molecule has 0 saturated heterocycles. The summed E-state index contributed by atoms with van der Waals surface area (Å²) in [6.45, 7) is 7.04. The first kappa shape index (κ1) is 20.4. The zero-order chi connectivity index (χ0) is 20.1. The summed E-state index contributed by atoms with van der Waals surface area (Å²) < 4.78 is 7.46. The average molecular weight is 417 g/mol. The van der Waals surface area contributed by atoms with Crippen molar-refractivity contribution in [3.8, 4) is 16.5 Å². The van der Waals surface area contributed by atoms with Crippen molar-refractivity contribution in [2.45, 2.75) is 38.4 Å². The molecule has 3 aromatic rings. The van der Waals surface area contributed by atoms with Crippen LogP contribution in [-0.2, 0) is 11.3 Å². The summed E-state index contributed by atoms with van der Waals surface area (Å²) in [6, 6.07) is 9.88. The Labute approximate surface area is 173 Å². The average Bonchev–Trinajstić information content (AvgIpc) is 3.35. The SMILES string of the molecule is CCn1c(SCC(=O)Nc2ccc(C(C)C)cc2OC)nnc1-c1cccs1. The van der Waals surface area contributed by atoms with Crippen molar-refractivity contribution >= 4 is 34.7 Å². The number of carbonyl (C=O) groups is 1. The van der Waals surface area contributed by atoms with Crippen LogP contribution >= 0.6 is 23.1 Å². The summed E-state index contributed by atoms with van der Waals surface area (Å²) in [4.78, 5) is 13.5. The van der Waals surface area contributed by atoms with Crippen LogP contribution in [0.1, 0.15) is 32.3 Å². The Balaban J connectivity index is 1.67. The molecule has 0 atom stereocenters. The highest BCUT2D eigenvalue weighted by molar-refractivity contribution is 7.99. The second kappa shape index (κ2) is 9.25. The van der Waals surface area contributed by atoms with Gasteiger partial charge in [0, 0.05) is 6.54 Å². The van der Waals surface area contributed by atoms with E-state index in [1.54, 1.807) is 18.4 Å². The zero-order valence-electron chi connectivity index (χ0n) is 16.4. The number of aromatic nitrogens is 3. The Morgan fingerprint density at radius 3 is 2.79 bits per heavy atom. The largest absolute Gasteiger partial charge is 0.495 e. The van der Waals surface area contributed by atoms with Crippen molar-refractivity contribution in [2.75, 3.05) is 18.2 Å². The Morgan fingerprint density at radius 1 is 1.32 bits per heavy atom. The van der Waals surface area contributed by atoms with E-state index in [0.717, 1.165) is 22.4 Å². The number of hydrogen-bond donors (Lipinski definition) is 1. The van der Waals surface area contributed by atoms with Gasteiger partial charge in [-0.3, -0.25) is 4.79 Å². The van der Waals surface area contributed by atoms with E-state index in [1.807, 2.05) is 47.2 Å². The number of nitrogens with one attached hydrogen (secondary N) is 1. The van der Waals surface area contributed by atoms with E-state index in [-0.39, 0.29) is 11.7 Å². The molecule has 3 rings (SSSR count). The molecule has 8 heteroatoms. The van der Waals surface area contributed by atoms with Crippen LogP contribution in [0.2, 0.25) is 0 Å². The summed E-state index contributed by atoms with van der Waals surface area (Å²) in [5.41, 5.74) is 1.84. The van der Waals surface area contributed by atoms with Crippen LogP contribution in [0.15, 0.2) is 40.9 Å². The molecule has 0 saturated carbocycles. The lowest BCUT2D eigenvalue weighted by molar-refractivity contribution is -0.113.